The molecule has 1 atom stereocenters. The number of carboxylic acids is 1. The Morgan fingerprint density at radius 1 is 1.23 bits per heavy atom. The number of aromatic nitrogens is 3. The number of hydrogen-bond acceptors (Lipinski definition) is 10. The number of anilines is 3. The number of nitrogens with one attached hydrogen (secondary N) is 2. The molecule has 0 radical (unpaired) electrons. The fourth-order valence-electron chi connectivity index (χ4n) is 3.51. The summed E-state index contributed by atoms with van der Waals surface area (Å²) < 4.78 is 16.6. The van der Waals surface area contributed by atoms with Gasteiger partial charge in [-0.1, -0.05) is 18.2 Å². The normalized spacial score (nSPS) is 14.4. The van der Waals surface area contributed by atoms with E-state index in [4.69, 9.17) is 9.47 Å². The van der Waals surface area contributed by atoms with E-state index in [1.54, 1.807) is 0 Å². The van der Waals surface area contributed by atoms with Gasteiger partial charge < -0.3 is 30.3 Å². The molecule has 5 rings (SSSR count). The molecule has 2 aromatic heterocycles. The lowest BCUT2D eigenvalue weighted by molar-refractivity contribution is -0.143. The minimum absolute atomic E-state index is 0.230. The largest absolute Gasteiger partial charge is 0.486 e. The molecule has 4 N–H and O–H groups in total. The molecule has 1 unspecified atom stereocenters. The maximum Gasteiger partial charge on any atom is 0.331 e. The van der Waals surface area contributed by atoms with Crippen molar-refractivity contribution in [2.24, 2.45) is 0 Å². The number of hydrogen-bond donors (Lipinski definition) is 4. The molecule has 1 aliphatic rings. The molecule has 1 aliphatic heterocycles. The Hall–Kier alpha value is -3.48. The summed E-state index contributed by atoms with van der Waals surface area (Å²) >= 11 is 4.84. The van der Waals surface area contributed by atoms with E-state index in [0.717, 1.165) is 38.6 Å². The van der Waals surface area contributed by atoms with Gasteiger partial charge in [0.2, 0.25) is 0 Å². The van der Waals surface area contributed by atoms with Crippen molar-refractivity contribution >= 4 is 61.1 Å². The number of halogens is 1. The quantitative estimate of drug-likeness (QED) is 0.260. The third-order valence-corrected chi connectivity index (χ3v) is 7.07. The summed E-state index contributed by atoms with van der Waals surface area (Å²) in [4.78, 5) is 20.8. The Kier molecular flexibility index (Phi) is 6.17. The summed E-state index contributed by atoms with van der Waals surface area (Å²) in [6, 6.07) is 11.7. The molecule has 4 aromatic rings. The lowest BCUT2D eigenvalue weighted by Gasteiger charge is -2.23. The topological polar surface area (TPSA) is 139 Å². The van der Waals surface area contributed by atoms with E-state index in [0.29, 0.717) is 35.1 Å². The van der Waals surface area contributed by atoms with E-state index in [2.05, 4.69) is 40.9 Å². The molecule has 12 heteroatoms. The Morgan fingerprint density at radius 3 is 2.80 bits per heavy atom. The highest BCUT2D eigenvalue weighted by atomic mass is 79.9. The van der Waals surface area contributed by atoms with Crippen molar-refractivity contribution in [3.63, 3.8) is 0 Å². The van der Waals surface area contributed by atoms with Crippen LogP contribution in [-0.4, -0.2) is 55.9 Å². The molecule has 0 spiro atoms. The number of rotatable bonds is 7. The lowest BCUT2D eigenvalue weighted by atomic mass is 10.0. The zero-order chi connectivity index (χ0) is 24.6. The number of aliphatic carboxylic acids is 1. The molecule has 0 fully saturated rings. The summed E-state index contributed by atoms with van der Waals surface area (Å²) in [6.45, 7) is 1.82. The Balaban J connectivity index is 1.42. The van der Waals surface area contributed by atoms with Crippen LogP contribution in [0.5, 0.6) is 11.5 Å². The Morgan fingerprint density at radius 2 is 2.03 bits per heavy atom. The van der Waals surface area contributed by atoms with Crippen molar-refractivity contribution in [2.45, 2.75) is 12.5 Å². The number of benzene rings is 2. The van der Waals surface area contributed by atoms with Crippen LogP contribution >= 0.6 is 27.5 Å². The fraction of sp³-hybridized carbons (Fsp3) is 0.217. The van der Waals surface area contributed by atoms with Crippen LogP contribution in [0.15, 0.2) is 47.1 Å². The first-order valence-electron chi connectivity index (χ1n) is 10.6. The van der Waals surface area contributed by atoms with E-state index in [-0.39, 0.29) is 5.82 Å². The van der Waals surface area contributed by atoms with Gasteiger partial charge in [0.1, 0.15) is 24.5 Å². The van der Waals surface area contributed by atoms with E-state index < -0.39 is 18.1 Å². The molecular formula is C23H20BrN5O5S. The van der Waals surface area contributed by atoms with Gasteiger partial charge in [-0.2, -0.15) is 4.37 Å². The molecule has 0 bridgehead atoms. The number of carboxylic acid groups (broad SMARTS) is 1. The predicted octanol–water partition coefficient (Wildman–Crippen LogP) is 4.28. The number of nitrogens with zero attached hydrogens (tertiary/aromatic N) is 3. The van der Waals surface area contributed by atoms with Gasteiger partial charge in [-0.25, -0.2) is 14.8 Å². The predicted molar refractivity (Wildman–Crippen MR) is 136 cm³/mol. The van der Waals surface area contributed by atoms with Crippen molar-refractivity contribution in [1.29, 1.82) is 0 Å². The molecule has 0 saturated heterocycles. The Bertz CT molecular complexity index is 1430. The van der Waals surface area contributed by atoms with Crippen LogP contribution in [0.2, 0.25) is 0 Å². The first-order valence-corrected chi connectivity index (χ1v) is 12.1. The SMILES string of the molecule is CC(CO)(Nc1cnc2c(Nc3cccc(-c4ccc5c(c4)OCCO5)c3Br)nsc2n1)C(=O)O. The number of aliphatic hydroxyl groups excluding tert-OH is 1. The van der Waals surface area contributed by atoms with Crippen LogP contribution < -0.4 is 20.1 Å². The van der Waals surface area contributed by atoms with E-state index in [1.165, 1.54) is 13.1 Å². The summed E-state index contributed by atoms with van der Waals surface area (Å²) in [5.74, 6) is 0.996. The molecular weight excluding hydrogens is 538 g/mol. The van der Waals surface area contributed by atoms with Crippen molar-refractivity contribution in [1.82, 2.24) is 14.3 Å². The van der Waals surface area contributed by atoms with Gasteiger partial charge in [0.25, 0.3) is 0 Å². The third-order valence-electron chi connectivity index (χ3n) is 5.49. The third kappa shape index (κ3) is 4.47. The highest BCUT2D eigenvalue weighted by molar-refractivity contribution is 9.10. The second-order valence-corrected chi connectivity index (χ2v) is 9.56. The van der Waals surface area contributed by atoms with Crippen molar-refractivity contribution in [2.75, 3.05) is 30.5 Å². The summed E-state index contributed by atoms with van der Waals surface area (Å²) in [7, 11) is 0. The lowest BCUT2D eigenvalue weighted by Crippen LogP contribution is -2.47. The highest BCUT2D eigenvalue weighted by Crippen LogP contribution is 2.40. The van der Waals surface area contributed by atoms with Gasteiger partial charge in [-0.15, -0.1) is 0 Å². The molecule has 0 aliphatic carbocycles. The zero-order valence-corrected chi connectivity index (χ0v) is 20.8. The van der Waals surface area contributed by atoms with E-state index >= 15 is 0 Å². The molecule has 180 valence electrons. The van der Waals surface area contributed by atoms with Gasteiger partial charge in [0.15, 0.2) is 27.7 Å². The summed E-state index contributed by atoms with van der Waals surface area (Å²) in [5.41, 5.74) is 1.67. The second kappa shape index (κ2) is 9.29. The minimum atomic E-state index is -1.58. The maximum absolute atomic E-state index is 11.5. The smallest absolute Gasteiger partial charge is 0.331 e. The minimum Gasteiger partial charge on any atom is -0.486 e. The van der Waals surface area contributed by atoms with Gasteiger partial charge in [-0.3, -0.25) is 0 Å². The first kappa shape index (κ1) is 23.3. The number of aliphatic hydroxyl groups is 1. The number of fused-ring (bicyclic) bond motifs is 2. The van der Waals surface area contributed by atoms with Crippen LogP contribution in [0.25, 0.3) is 21.5 Å². The van der Waals surface area contributed by atoms with Gasteiger partial charge >= 0.3 is 5.97 Å². The van der Waals surface area contributed by atoms with Crippen LogP contribution in [0.1, 0.15) is 6.92 Å². The first-order chi connectivity index (χ1) is 16.9. The maximum atomic E-state index is 11.5. The van der Waals surface area contributed by atoms with Crippen LogP contribution in [0.3, 0.4) is 0 Å². The number of ether oxygens (including phenoxy) is 2. The van der Waals surface area contributed by atoms with Gasteiger partial charge in [-0.05, 0) is 63.7 Å². The molecule has 0 saturated carbocycles. The van der Waals surface area contributed by atoms with Crippen molar-refractivity contribution < 1.29 is 24.5 Å². The van der Waals surface area contributed by atoms with Crippen molar-refractivity contribution in [3.05, 3.63) is 47.1 Å². The van der Waals surface area contributed by atoms with Crippen LogP contribution in [0, 0.1) is 0 Å². The molecule has 0 amide bonds. The monoisotopic (exact) mass is 557 g/mol. The average Bonchev–Trinajstić information content (AvgIpc) is 3.26. The fourth-order valence-corrected chi connectivity index (χ4v) is 4.78. The number of carbonyl (C=O) groups is 1. The average molecular weight is 558 g/mol. The van der Waals surface area contributed by atoms with E-state index in [9.17, 15) is 15.0 Å². The Labute approximate surface area is 212 Å². The summed E-state index contributed by atoms with van der Waals surface area (Å²) in [6.07, 6.45) is 1.42. The van der Waals surface area contributed by atoms with Crippen molar-refractivity contribution in [3.8, 4) is 22.6 Å². The van der Waals surface area contributed by atoms with E-state index in [1.807, 2.05) is 36.4 Å². The van der Waals surface area contributed by atoms with Gasteiger partial charge in [0, 0.05) is 4.47 Å². The van der Waals surface area contributed by atoms with Gasteiger partial charge in [0.05, 0.1) is 18.5 Å². The molecule has 3 heterocycles. The molecule has 35 heavy (non-hydrogen) atoms. The van der Waals surface area contributed by atoms with Crippen LogP contribution in [-0.2, 0) is 4.79 Å². The second-order valence-electron chi connectivity index (χ2n) is 8.01. The molecule has 10 nitrogen and oxygen atoms in total. The standard InChI is InChI=1S/C23H20BrN5O5S/c1-23(11-30,22(31)32)28-17-10-25-19-20(29-35-21(19)27-17)26-14-4-2-3-13(18(14)24)12-5-6-15-16(9-12)34-8-7-33-15/h2-6,9-10,30H,7-8,11H2,1H3,(H,26,29)(H,27,28)(H,31,32). The highest BCUT2D eigenvalue weighted by Gasteiger charge is 2.33. The summed E-state index contributed by atoms with van der Waals surface area (Å²) in [5, 5.41) is 24.8. The zero-order valence-electron chi connectivity index (χ0n) is 18.4. The molecule has 2 aromatic carbocycles. The van der Waals surface area contributed by atoms with Crippen LogP contribution in [0.4, 0.5) is 17.3 Å².